The highest BCUT2D eigenvalue weighted by Crippen LogP contribution is 2.65. The van der Waals surface area contributed by atoms with E-state index >= 15 is 4.39 Å². The summed E-state index contributed by atoms with van der Waals surface area (Å²) in [6.07, 6.45) is 7.75. The zero-order valence-corrected chi connectivity index (χ0v) is 17.5. The van der Waals surface area contributed by atoms with Crippen LogP contribution < -0.4 is 0 Å². The van der Waals surface area contributed by atoms with Crippen LogP contribution in [0, 0.1) is 40.9 Å². The molecular weight excluding hydrogens is 371 g/mol. The Bertz CT molecular complexity index is 769. The third-order valence-electron chi connectivity index (χ3n) is 9.34. The Morgan fingerprint density at radius 2 is 1.90 bits per heavy atom. The molecule has 0 bridgehead atoms. The van der Waals surface area contributed by atoms with Gasteiger partial charge in [-0.1, -0.05) is 6.92 Å². The third kappa shape index (κ3) is 3.15. The molecule has 4 aliphatic rings. The summed E-state index contributed by atoms with van der Waals surface area (Å²) in [5.74, 6) is 2.06. The summed E-state index contributed by atoms with van der Waals surface area (Å²) in [5, 5.41) is 21.6. The van der Waals surface area contributed by atoms with Crippen molar-refractivity contribution >= 4 is 5.78 Å². The van der Waals surface area contributed by atoms with Crippen LogP contribution in [0.25, 0.3) is 0 Å². The minimum absolute atomic E-state index is 0.0167. The fourth-order valence-electron chi connectivity index (χ4n) is 8.05. The van der Waals surface area contributed by atoms with Crippen molar-refractivity contribution in [3.8, 4) is 0 Å². The Morgan fingerprint density at radius 1 is 1.14 bits per heavy atom. The number of nitrogens with zero attached hydrogens (tertiary/aromatic N) is 4. The van der Waals surface area contributed by atoms with Gasteiger partial charge in [0.15, 0.2) is 5.78 Å². The third-order valence-corrected chi connectivity index (χ3v) is 9.34. The number of halogens is 1. The van der Waals surface area contributed by atoms with E-state index < -0.39 is 11.8 Å². The fraction of sp³-hybridized carbons (Fsp3) is 0.909. The molecule has 5 rings (SSSR count). The number of Topliss-reactive ketones (excluding diaryl/α,β-unsaturated/α-hetero) is 1. The van der Waals surface area contributed by atoms with Gasteiger partial charge in [-0.3, -0.25) is 4.79 Å². The van der Waals surface area contributed by atoms with Gasteiger partial charge in [0.1, 0.15) is 19.0 Å². The number of ketones is 1. The molecule has 0 spiro atoms. The van der Waals surface area contributed by atoms with Crippen molar-refractivity contribution in [1.29, 1.82) is 0 Å². The molecule has 6 nitrogen and oxygen atoms in total. The molecule has 29 heavy (non-hydrogen) atoms. The van der Waals surface area contributed by atoms with Crippen molar-refractivity contribution in [3.63, 3.8) is 0 Å². The number of fused-ring (bicyclic) bond motifs is 5. The van der Waals surface area contributed by atoms with Gasteiger partial charge < -0.3 is 5.11 Å². The summed E-state index contributed by atoms with van der Waals surface area (Å²) < 4.78 is 16.8. The number of tetrazole rings is 1. The standard InChI is InChI=1S/C22H33FN4O2/c1-21(29)7-5-14-13-6-8-22(2)17(15(13)9-19(23)16(14)10-21)3-4-18(22)20(28)11-27-12-24-25-26-27/h12-19,29H,3-11H2,1-2H3/t13-,14-,15-,16+,17+,18-,19-,21-,22+/m1/s1. The summed E-state index contributed by atoms with van der Waals surface area (Å²) in [6, 6.07) is 0. The number of hydrogen-bond acceptors (Lipinski definition) is 5. The van der Waals surface area contributed by atoms with Crippen molar-refractivity contribution in [2.75, 3.05) is 0 Å². The molecule has 9 atom stereocenters. The second kappa shape index (κ2) is 6.82. The summed E-state index contributed by atoms with van der Waals surface area (Å²) in [7, 11) is 0. The molecule has 4 saturated carbocycles. The Hall–Kier alpha value is -1.37. The molecule has 0 aliphatic heterocycles. The smallest absolute Gasteiger partial charge is 0.158 e. The minimum Gasteiger partial charge on any atom is -0.390 e. The average molecular weight is 405 g/mol. The molecule has 0 unspecified atom stereocenters. The van der Waals surface area contributed by atoms with Crippen molar-refractivity contribution in [2.24, 2.45) is 40.9 Å². The monoisotopic (exact) mass is 404 g/mol. The van der Waals surface area contributed by atoms with E-state index in [9.17, 15) is 9.90 Å². The predicted molar refractivity (Wildman–Crippen MR) is 104 cm³/mol. The highest BCUT2D eigenvalue weighted by atomic mass is 19.1. The molecule has 1 aromatic heterocycles. The van der Waals surface area contributed by atoms with Crippen LogP contribution in [0.5, 0.6) is 0 Å². The number of hydrogen-bond donors (Lipinski definition) is 1. The number of carbonyl (C=O) groups excluding carboxylic acids is 1. The molecule has 1 heterocycles. The molecule has 0 aromatic carbocycles. The van der Waals surface area contributed by atoms with Crippen LogP contribution in [0.2, 0.25) is 0 Å². The van der Waals surface area contributed by atoms with E-state index in [0.29, 0.717) is 36.5 Å². The van der Waals surface area contributed by atoms with E-state index in [2.05, 4.69) is 22.4 Å². The first-order valence-electron chi connectivity index (χ1n) is 11.4. The maximum atomic E-state index is 15.3. The van der Waals surface area contributed by atoms with Gasteiger partial charge in [-0.05, 0) is 104 Å². The lowest BCUT2D eigenvalue weighted by atomic mass is 9.48. The van der Waals surface area contributed by atoms with E-state index in [1.54, 1.807) is 0 Å². The molecule has 7 heteroatoms. The molecule has 1 N–H and O–H groups in total. The molecule has 4 fully saturated rings. The summed E-state index contributed by atoms with van der Waals surface area (Å²) in [6.45, 7) is 4.39. The van der Waals surface area contributed by atoms with Gasteiger partial charge in [0, 0.05) is 5.92 Å². The maximum Gasteiger partial charge on any atom is 0.158 e. The highest BCUT2D eigenvalue weighted by molar-refractivity contribution is 5.82. The summed E-state index contributed by atoms with van der Waals surface area (Å²) in [5.41, 5.74) is -0.735. The lowest BCUT2D eigenvalue weighted by Crippen LogP contribution is -2.54. The van der Waals surface area contributed by atoms with Gasteiger partial charge in [-0.25, -0.2) is 9.07 Å². The molecule has 160 valence electrons. The second-order valence-corrected chi connectivity index (χ2v) is 10.9. The van der Waals surface area contributed by atoms with Crippen LogP contribution in [0.1, 0.15) is 65.2 Å². The maximum absolute atomic E-state index is 15.3. The molecular formula is C22H33FN4O2. The van der Waals surface area contributed by atoms with Gasteiger partial charge >= 0.3 is 0 Å². The Labute approximate surface area is 171 Å². The summed E-state index contributed by atoms with van der Waals surface area (Å²) in [4.78, 5) is 13.1. The lowest BCUT2D eigenvalue weighted by molar-refractivity contribution is -0.139. The number of alkyl halides is 1. The Morgan fingerprint density at radius 3 is 2.66 bits per heavy atom. The van der Waals surface area contributed by atoms with Crippen LogP contribution in [0.3, 0.4) is 0 Å². The molecule has 0 saturated heterocycles. The first-order chi connectivity index (χ1) is 13.8. The van der Waals surface area contributed by atoms with E-state index in [1.165, 1.54) is 11.0 Å². The minimum atomic E-state index is -0.814. The van der Waals surface area contributed by atoms with Gasteiger partial charge in [-0.15, -0.1) is 5.10 Å². The average Bonchev–Trinajstić information content (AvgIpc) is 3.28. The van der Waals surface area contributed by atoms with E-state index in [1.807, 2.05) is 6.92 Å². The fourth-order valence-corrected chi connectivity index (χ4v) is 8.05. The molecule has 4 aliphatic carbocycles. The van der Waals surface area contributed by atoms with E-state index in [4.69, 9.17) is 0 Å². The Kier molecular flexibility index (Phi) is 4.61. The van der Waals surface area contributed by atoms with Gasteiger partial charge in [0.25, 0.3) is 0 Å². The number of carbonyl (C=O) groups is 1. The van der Waals surface area contributed by atoms with E-state index in [-0.39, 0.29) is 29.6 Å². The van der Waals surface area contributed by atoms with Crippen molar-refractivity contribution in [2.45, 2.75) is 83.5 Å². The quantitative estimate of drug-likeness (QED) is 0.837. The number of rotatable bonds is 3. The molecule has 0 amide bonds. The van der Waals surface area contributed by atoms with Crippen molar-refractivity contribution < 1.29 is 14.3 Å². The first kappa shape index (κ1) is 19.6. The molecule has 0 radical (unpaired) electrons. The zero-order chi connectivity index (χ0) is 20.4. The number of aliphatic hydroxyl groups is 1. The van der Waals surface area contributed by atoms with Crippen molar-refractivity contribution in [3.05, 3.63) is 6.33 Å². The van der Waals surface area contributed by atoms with Gasteiger partial charge in [-0.2, -0.15) is 0 Å². The SMILES string of the molecule is C[C@@]1(O)CC[C@@H]2[C@H]3CC[C@]4(C)[C@@H](C(=O)Cn5cnnn5)CC[C@H]4[C@@H]3C[C@@H](F)[C@H]2C1. The van der Waals surface area contributed by atoms with Crippen LogP contribution >= 0.6 is 0 Å². The van der Waals surface area contributed by atoms with E-state index in [0.717, 1.165) is 38.5 Å². The largest absolute Gasteiger partial charge is 0.390 e. The van der Waals surface area contributed by atoms with Crippen LogP contribution in [-0.2, 0) is 11.3 Å². The number of aromatic nitrogens is 4. The highest BCUT2D eigenvalue weighted by Gasteiger charge is 2.60. The summed E-state index contributed by atoms with van der Waals surface area (Å²) >= 11 is 0. The first-order valence-corrected chi connectivity index (χ1v) is 11.4. The lowest BCUT2D eigenvalue weighted by Gasteiger charge is -2.57. The van der Waals surface area contributed by atoms with Crippen LogP contribution in [0.15, 0.2) is 6.33 Å². The normalized spacial score (nSPS) is 49.2. The second-order valence-electron chi connectivity index (χ2n) is 10.9. The van der Waals surface area contributed by atoms with Crippen molar-refractivity contribution in [1.82, 2.24) is 20.2 Å². The predicted octanol–water partition coefficient (Wildman–Crippen LogP) is 3.21. The van der Waals surface area contributed by atoms with Crippen LogP contribution in [-0.4, -0.2) is 42.9 Å². The zero-order valence-electron chi connectivity index (χ0n) is 17.5. The molecule has 1 aromatic rings. The topological polar surface area (TPSA) is 80.9 Å². The van der Waals surface area contributed by atoms with Gasteiger partial charge in [0.2, 0.25) is 0 Å². The van der Waals surface area contributed by atoms with Gasteiger partial charge in [0.05, 0.1) is 5.60 Å². The Balaban J connectivity index is 1.35. The van der Waals surface area contributed by atoms with Crippen LogP contribution in [0.4, 0.5) is 4.39 Å².